The largest absolute Gasteiger partial charge is 0.456 e. The predicted octanol–water partition coefficient (Wildman–Crippen LogP) is 2.08. The number of nitrogens with zero attached hydrogens (tertiary/aromatic N) is 2. The van der Waals surface area contributed by atoms with Gasteiger partial charge in [-0.05, 0) is 44.7 Å². The number of likely N-dealkylation sites (tertiary alicyclic amines) is 2. The van der Waals surface area contributed by atoms with Crippen molar-refractivity contribution in [3.05, 3.63) is 23.7 Å². The van der Waals surface area contributed by atoms with Crippen molar-refractivity contribution in [1.29, 1.82) is 0 Å². The van der Waals surface area contributed by atoms with E-state index in [2.05, 4.69) is 0 Å². The van der Waals surface area contributed by atoms with Crippen LogP contribution in [0.2, 0.25) is 0 Å². The molecule has 0 saturated carbocycles. The number of hydrogen-bond donors (Lipinski definition) is 0. The van der Waals surface area contributed by atoms with Gasteiger partial charge in [-0.25, -0.2) is 0 Å². The Bertz CT molecular complexity index is 656. The van der Waals surface area contributed by atoms with Crippen LogP contribution in [0.4, 0.5) is 0 Å². The lowest BCUT2D eigenvalue weighted by Gasteiger charge is -2.38. The zero-order valence-electron chi connectivity index (χ0n) is 14.8. The van der Waals surface area contributed by atoms with Crippen LogP contribution >= 0.6 is 0 Å². The number of aryl methyl sites for hydroxylation is 1. The first-order valence-corrected chi connectivity index (χ1v) is 9.31. The molecule has 0 aliphatic carbocycles. The van der Waals surface area contributed by atoms with Crippen molar-refractivity contribution in [3.8, 4) is 0 Å². The van der Waals surface area contributed by atoms with E-state index in [4.69, 9.17) is 9.15 Å². The molecule has 0 aromatic carbocycles. The predicted molar refractivity (Wildman–Crippen MR) is 91.1 cm³/mol. The van der Waals surface area contributed by atoms with E-state index in [1.165, 1.54) is 0 Å². The number of carbonyl (C=O) groups is 2. The van der Waals surface area contributed by atoms with E-state index in [-0.39, 0.29) is 23.1 Å². The van der Waals surface area contributed by atoms with Gasteiger partial charge in [0, 0.05) is 44.8 Å². The van der Waals surface area contributed by atoms with Crippen molar-refractivity contribution in [2.45, 2.75) is 32.6 Å². The van der Waals surface area contributed by atoms with Crippen LogP contribution in [-0.4, -0.2) is 61.0 Å². The molecule has 0 unspecified atom stereocenters. The van der Waals surface area contributed by atoms with Crippen LogP contribution in [0.25, 0.3) is 0 Å². The number of ether oxygens (including phenoxy) is 1. The second-order valence-corrected chi connectivity index (χ2v) is 7.66. The van der Waals surface area contributed by atoms with E-state index >= 15 is 0 Å². The summed E-state index contributed by atoms with van der Waals surface area (Å²) in [7, 11) is 0. The Morgan fingerprint density at radius 1 is 1.12 bits per heavy atom. The Morgan fingerprint density at radius 2 is 1.84 bits per heavy atom. The van der Waals surface area contributed by atoms with Gasteiger partial charge in [0.2, 0.25) is 5.91 Å². The number of carbonyl (C=O) groups excluding carboxylic acids is 2. The molecule has 3 aliphatic heterocycles. The van der Waals surface area contributed by atoms with Gasteiger partial charge in [-0.2, -0.15) is 0 Å². The van der Waals surface area contributed by atoms with Gasteiger partial charge in [0.1, 0.15) is 5.76 Å². The Kier molecular flexibility index (Phi) is 4.31. The third-order valence-corrected chi connectivity index (χ3v) is 6.09. The first-order chi connectivity index (χ1) is 12.1. The maximum absolute atomic E-state index is 13.2. The van der Waals surface area contributed by atoms with Crippen LogP contribution in [0, 0.1) is 18.3 Å². The molecule has 136 valence electrons. The van der Waals surface area contributed by atoms with Crippen LogP contribution in [-0.2, 0) is 9.53 Å². The van der Waals surface area contributed by atoms with Gasteiger partial charge in [-0.3, -0.25) is 9.59 Å². The molecule has 2 amide bonds. The molecule has 1 spiro atoms. The molecule has 4 heterocycles. The van der Waals surface area contributed by atoms with E-state index in [1.807, 2.05) is 16.7 Å². The maximum Gasteiger partial charge on any atom is 0.289 e. The highest BCUT2D eigenvalue weighted by Gasteiger charge is 2.53. The van der Waals surface area contributed by atoms with Crippen molar-refractivity contribution in [1.82, 2.24) is 9.80 Å². The summed E-state index contributed by atoms with van der Waals surface area (Å²) in [6.45, 7) is 6.01. The molecule has 1 aromatic heterocycles. The Balaban J connectivity index is 1.57. The van der Waals surface area contributed by atoms with Gasteiger partial charge >= 0.3 is 0 Å². The van der Waals surface area contributed by atoms with E-state index in [0.717, 1.165) is 44.5 Å². The molecule has 1 atom stereocenters. The number of rotatable bonds is 2. The first kappa shape index (κ1) is 16.6. The molecule has 25 heavy (non-hydrogen) atoms. The molecule has 6 heteroatoms. The minimum absolute atomic E-state index is 0.101. The molecule has 0 N–H and O–H groups in total. The highest BCUT2D eigenvalue weighted by Crippen LogP contribution is 2.45. The van der Waals surface area contributed by atoms with Gasteiger partial charge in [0.05, 0.1) is 5.92 Å². The minimum Gasteiger partial charge on any atom is -0.456 e. The molecule has 3 aliphatic rings. The Morgan fingerprint density at radius 3 is 2.48 bits per heavy atom. The minimum atomic E-state index is -0.144. The lowest BCUT2D eigenvalue weighted by Crippen LogP contribution is -2.45. The number of hydrogen-bond acceptors (Lipinski definition) is 4. The van der Waals surface area contributed by atoms with Crippen LogP contribution < -0.4 is 0 Å². The number of furan rings is 1. The summed E-state index contributed by atoms with van der Waals surface area (Å²) in [5.74, 6) is 1.11. The molecule has 4 rings (SSSR count). The maximum atomic E-state index is 13.2. The Labute approximate surface area is 148 Å². The third kappa shape index (κ3) is 2.97. The summed E-state index contributed by atoms with van der Waals surface area (Å²) in [5.41, 5.74) is -0.144. The highest BCUT2D eigenvalue weighted by atomic mass is 16.5. The van der Waals surface area contributed by atoms with Crippen LogP contribution in [0.15, 0.2) is 16.5 Å². The van der Waals surface area contributed by atoms with E-state index in [0.29, 0.717) is 32.1 Å². The van der Waals surface area contributed by atoms with Crippen LogP contribution in [0.5, 0.6) is 0 Å². The summed E-state index contributed by atoms with van der Waals surface area (Å²) in [5, 5.41) is 0. The SMILES string of the molecule is Cc1ccc(C(=O)N2C[C@H](C(=O)N3CCCC3)C3(CCOCC3)C2)o1. The van der Waals surface area contributed by atoms with E-state index in [9.17, 15) is 9.59 Å². The van der Waals surface area contributed by atoms with Crippen molar-refractivity contribution < 1.29 is 18.7 Å². The average Bonchev–Trinajstić information content (AvgIpc) is 3.35. The average molecular weight is 346 g/mol. The van der Waals surface area contributed by atoms with E-state index < -0.39 is 0 Å². The zero-order valence-corrected chi connectivity index (χ0v) is 14.8. The molecular weight excluding hydrogens is 320 g/mol. The summed E-state index contributed by atoms with van der Waals surface area (Å²) in [4.78, 5) is 29.8. The third-order valence-electron chi connectivity index (χ3n) is 6.09. The molecule has 3 fully saturated rings. The Hall–Kier alpha value is -1.82. The van der Waals surface area contributed by atoms with Gasteiger partial charge in [-0.1, -0.05) is 0 Å². The fourth-order valence-corrected chi connectivity index (χ4v) is 4.61. The fraction of sp³-hybridized carbons (Fsp3) is 0.684. The standard InChI is InChI=1S/C19H26N2O4/c1-14-4-5-16(25-14)18(23)21-12-15(17(22)20-8-2-3-9-20)19(13-21)6-10-24-11-7-19/h4-5,15H,2-3,6-13H2,1H3/t15-/m1/s1. The lowest BCUT2D eigenvalue weighted by atomic mass is 9.71. The second-order valence-electron chi connectivity index (χ2n) is 7.66. The highest BCUT2D eigenvalue weighted by molar-refractivity contribution is 5.93. The van der Waals surface area contributed by atoms with E-state index in [1.54, 1.807) is 12.1 Å². The zero-order chi connectivity index (χ0) is 17.4. The number of amides is 2. The van der Waals surface area contributed by atoms with Gasteiger partial charge in [-0.15, -0.1) is 0 Å². The summed E-state index contributed by atoms with van der Waals surface area (Å²) < 4.78 is 11.1. The molecular formula is C19H26N2O4. The summed E-state index contributed by atoms with van der Waals surface area (Å²) >= 11 is 0. The fourth-order valence-electron chi connectivity index (χ4n) is 4.61. The molecule has 1 aromatic rings. The van der Waals surface area contributed by atoms with Crippen molar-refractivity contribution >= 4 is 11.8 Å². The first-order valence-electron chi connectivity index (χ1n) is 9.31. The molecule has 0 radical (unpaired) electrons. The smallest absolute Gasteiger partial charge is 0.289 e. The summed E-state index contributed by atoms with van der Waals surface area (Å²) in [6.07, 6.45) is 3.86. The molecule has 0 bridgehead atoms. The molecule has 6 nitrogen and oxygen atoms in total. The van der Waals surface area contributed by atoms with Crippen LogP contribution in [0.1, 0.15) is 42.0 Å². The van der Waals surface area contributed by atoms with Gasteiger partial charge in [0.15, 0.2) is 5.76 Å². The van der Waals surface area contributed by atoms with Crippen LogP contribution in [0.3, 0.4) is 0 Å². The molecule has 3 saturated heterocycles. The normalized spacial score (nSPS) is 25.7. The quantitative estimate of drug-likeness (QED) is 0.822. The van der Waals surface area contributed by atoms with Crippen molar-refractivity contribution in [2.75, 3.05) is 39.4 Å². The van der Waals surface area contributed by atoms with Gasteiger partial charge in [0.25, 0.3) is 5.91 Å². The van der Waals surface area contributed by atoms with Crippen molar-refractivity contribution in [2.24, 2.45) is 11.3 Å². The monoisotopic (exact) mass is 346 g/mol. The van der Waals surface area contributed by atoms with Gasteiger partial charge < -0.3 is 19.0 Å². The second kappa shape index (κ2) is 6.48. The lowest BCUT2D eigenvalue weighted by molar-refractivity contribution is -0.139. The van der Waals surface area contributed by atoms with Crippen molar-refractivity contribution in [3.63, 3.8) is 0 Å². The summed E-state index contributed by atoms with van der Waals surface area (Å²) in [6, 6.07) is 3.53. The topological polar surface area (TPSA) is 63.0 Å².